The lowest BCUT2D eigenvalue weighted by molar-refractivity contribution is 0.0847. The van der Waals surface area contributed by atoms with Crippen molar-refractivity contribution in [1.29, 1.82) is 0 Å². The van der Waals surface area contributed by atoms with Crippen LogP contribution in [0.25, 0.3) is 0 Å². The van der Waals surface area contributed by atoms with Gasteiger partial charge in [-0.05, 0) is 33.9 Å². The van der Waals surface area contributed by atoms with Crippen molar-refractivity contribution in [2.24, 2.45) is 0 Å². The summed E-state index contributed by atoms with van der Waals surface area (Å²) in [5.41, 5.74) is 5.95. The van der Waals surface area contributed by atoms with E-state index in [1.807, 2.05) is 97.1 Å². The van der Waals surface area contributed by atoms with E-state index in [1.165, 1.54) is 0 Å². The van der Waals surface area contributed by atoms with Gasteiger partial charge in [-0.2, -0.15) is 0 Å². The van der Waals surface area contributed by atoms with E-state index in [0.29, 0.717) is 33.0 Å². The van der Waals surface area contributed by atoms with E-state index < -0.39 is 0 Å². The molecule has 0 aliphatic rings. The minimum absolute atomic E-state index is 0.207. The summed E-state index contributed by atoms with van der Waals surface area (Å²) in [6.45, 7) is 2.55. The monoisotopic (exact) mass is 454 g/mol. The maximum Gasteiger partial charge on any atom is 0.121 e. The second-order valence-corrected chi connectivity index (χ2v) is 8.14. The van der Waals surface area contributed by atoms with Crippen LogP contribution >= 0.6 is 0 Å². The van der Waals surface area contributed by atoms with E-state index in [2.05, 4.69) is 0 Å². The summed E-state index contributed by atoms with van der Waals surface area (Å²) < 4.78 is 18.0. The predicted molar refractivity (Wildman–Crippen MR) is 133 cm³/mol. The number of hydrogen-bond donors (Lipinski definition) is 1. The highest BCUT2D eigenvalue weighted by Gasteiger charge is 2.15. The van der Waals surface area contributed by atoms with Gasteiger partial charge in [0.05, 0.1) is 39.6 Å². The lowest BCUT2D eigenvalue weighted by atomic mass is 10.0. The number of benzene rings is 4. The highest BCUT2D eigenvalue weighted by atomic mass is 16.5. The molecule has 0 saturated carbocycles. The standard InChI is InChI=1S/C30H30O4/c31-30-17-16-27(21-32-18-24-10-4-1-5-11-24)28(22-33-19-25-12-6-2-7-13-25)29(30)23-34-20-26-14-8-3-9-15-26/h1-17,31H,18-23H2. The van der Waals surface area contributed by atoms with Crippen LogP contribution in [0.2, 0.25) is 0 Å². The fraction of sp³-hybridized carbons (Fsp3) is 0.200. The summed E-state index contributed by atoms with van der Waals surface area (Å²) in [4.78, 5) is 0. The Labute approximate surface area is 201 Å². The van der Waals surface area contributed by atoms with Gasteiger partial charge in [-0.15, -0.1) is 0 Å². The largest absolute Gasteiger partial charge is 0.508 e. The maximum absolute atomic E-state index is 10.7. The molecule has 4 aromatic carbocycles. The zero-order valence-corrected chi connectivity index (χ0v) is 19.2. The van der Waals surface area contributed by atoms with E-state index in [-0.39, 0.29) is 12.4 Å². The predicted octanol–water partition coefficient (Wildman–Crippen LogP) is 6.54. The first kappa shape index (κ1) is 23.7. The quantitative estimate of drug-likeness (QED) is 0.264. The molecule has 4 heteroatoms. The molecule has 0 fully saturated rings. The van der Waals surface area contributed by atoms with Crippen LogP contribution in [0.1, 0.15) is 33.4 Å². The van der Waals surface area contributed by atoms with Crippen LogP contribution in [-0.4, -0.2) is 5.11 Å². The molecule has 0 saturated heterocycles. The van der Waals surface area contributed by atoms with Crippen molar-refractivity contribution in [3.63, 3.8) is 0 Å². The fourth-order valence-corrected chi connectivity index (χ4v) is 3.75. The van der Waals surface area contributed by atoms with Crippen molar-refractivity contribution in [2.45, 2.75) is 39.6 Å². The third-order valence-corrected chi connectivity index (χ3v) is 5.59. The zero-order chi connectivity index (χ0) is 23.4. The SMILES string of the molecule is Oc1ccc(COCc2ccccc2)c(COCc2ccccc2)c1COCc1ccccc1. The second-order valence-electron chi connectivity index (χ2n) is 8.14. The summed E-state index contributed by atoms with van der Waals surface area (Å²) in [7, 11) is 0. The Kier molecular flexibility index (Phi) is 8.86. The van der Waals surface area contributed by atoms with Crippen LogP contribution in [0.5, 0.6) is 5.75 Å². The van der Waals surface area contributed by atoms with Crippen molar-refractivity contribution >= 4 is 0 Å². The highest BCUT2D eigenvalue weighted by Crippen LogP contribution is 2.28. The molecule has 0 aliphatic heterocycles. The first-order chi connectivity index (χ1) is 16.8. The molecular weight excluding hydrogens is 424 g/mol. The van der Waals surface area contributed by atoms with E-state index in [4.69, 9.17) is 14.2 Å². The maximum atomic E-state index is 10.7. The second kappa shape index (κ2) is 12.7. The lowest BCUT2D eigenvalue weighted by Gasteiger charge is -2.17. The first-order valence-electron chi connectivity index (χ1n) is 11.5. The third kappa shape index (κ3) is 7.03. The number of aromatic hydroxyl groups is 1. The van der Waals surface area contributed by atoms with Gasteiger partial charge < -0.3 is 19.3 Å². The van der Waals surface area contributed by atoms with E-state index in [0.717, 1.165) is 33.4 Å². The topological polar surface area (TPSA) is 47.9 Å². The fourth-order valence-electron chi connectivity index (χ4n) is 3.75. The minimum atomic E-state index is 0.207. The Morgan fingerprint density at radius 3 is 1.29 bits per heavy atom. The molecule has 4 rings (SSSR count). The van der Waals surface area contributed by atoms with Crippen molar-refractivity contribution in [3.05, 3.63) is 137 Å². The summed E-state index contributed by atoms with van der Waals surface area (Å²) in [5.74, 6) is 0.207. The normalized spacial score (nSPS) is 10.9. The summed E-state index contributed by atoms with van der Waals surface area (Å²) in [5, 5.41) is 10.7. The summed E-state index contributed by atoms with van der Waals surface area (Å²) in [6, 6.07) is 33.8. The molecule has 174 valence electrons. The Hall–Kier alpha value is -3.44. The van der Waals surface area contributed by atoms with Gasteiger partial charge in [0.25, 0.3) is 0 Å². The molecule has 0 spiro atoms. The van der Waals surface area contributed by atoms with Crippen LogP contribution in [0.15, 0.2) is 103 Å². The van der Waals surface area contributed by atoms with Gasteiger partial charge in [0, 0.05) is 5.56 Å². The molecule has 0 heterocycles. The lowest BCUT2D eigenvalue weighted by Crippen LogP contribution is -2.07. The number of hydrogen-bond acceptors (Lipinski definition) is 4. The molecule has 4 nitrogen and oxygen atoms in total. The molecule has 1 N–H and O–H groups in total. The number of rotatable bonds is 12. The van der Waals surface area contributed by atoms with E-state index >= 15 is 0 Å². The molecule has 0 radical (unpaired) electrons. The average molecular weight is 455 g/mol. The molecule has 4 aromatic rings. The van der Waals surface area contributed by atoms with Crippen molar-refractivity contribution in [1.82, 2.24) is 0 Å². The molecular formula is C30H30O4. The van der Waals surface area contributed by atoms with Gasteiger partial charge in [0.1, 0.15) is 5.75 Å². The Balaban J connectivity index is 1.46. The molecule has 0 aromatic heterocycles. The van der Waals surface area contributed by atoms with Gasteiger partial charge in [0.2, 0.25) is 0 Å². The Morgan fingerprint density at radius 2 is 0.824 bits per heavy atom. The molecule has 0 aliphatic carbocycles. The molecule has 0 amide bonds. The van der Waals surface area contributed by atoms with Gasteiger partial charge in [-0.3, -0.25) is 0 Å². The van der Waals surface area contributed by atoms with Crippen LogP contribution in [0.4, 0.5) is 0 Å². The van der Waals surface area contributed by atoms with Gasteiger partial charge >= 0.3 is 0 Å². The summed E-state index contributed by atoms with van der Waals surface area (Å²) in [6.07, 6.45) is 0. The minimum Gasteiger partial charge on any atom is -0.508 e. The number of phenols is 1. The molecule has 0 unspecified atom stereocenters. The molecule has 34 heavy (non-hydrogen) atoms. The van der Waals surface area contributed by atoms with Gasteiger partial charge in [-0.25, -0.2) is 0 Å². The van der Waals surface area contributed by atoms with E-state index in [9.17, 15) is 5.11 Å². The van der Waals surface area contributed by atoms with Gasteiger partial charge in [-0.1, -0.05) is 97.1 Å². The summed E-state index contributed by atoms with van der Waals surface area (Å²) >= 11 is 0. The highest BCUT2D eigenvalue weighted by molar-refractivity contribution is 5.44. The number of ether oxygens (including phenoxy) is 3. The van der Waals surface area contributed by atoms with Crippen LogP contribution < -0.4 is 0 Å². The Morgan fingerprint density at radius 1 is 0.412 bits per heavy atom. The molecule has 0 bridgehead atoms. The smallest absolute Gasteiger partial charge is 0.121 e. The van der Waals surface area contributed by atoms with Crippen LogP contribution in [-0.2, 0) is 53.9 Å². The first-order valence-corrected chi connectivity index (χ1v) is 11.5. The van der Waals surface area contributed by atoms with Crippen molar-refractivity contribution in [2.75, 3.05) is 0 Å². The third-order valence-electron chi connectivity index (χ3n) is 5.59. The zero-order valence-electron chi connectivity index (χ0n) is 19.2. The average Bonchev–Trinajstić information content (AvgIpc) is 2.88. The Bertz CT molecular complexity index is 1130. The van der Waals surface area contributed by atoms with Crippen molar-refractivity contribution in [3.8, 4) is 5.75 Å². The molecule has 0 atom stereocenters. The van der Waals surface area contributed by atoms with Gasteiger partial charge in [0.15, 0.2) is 0 Å². The van der Waals surface area contributed by atoms with Crippen LogP contribution in [0, 0.1) is 0 Å². The van der Waals surface area contributed by atoms with E-state index in [1.54, 1.807) is 6.07 Å². The number of phenolic OH excluding ortho intramolecular Hbond substituents is 1. The van der Waals surface area contributed by atoms with Crippen LogP contribution in [0.3, 0.4) is 0 Å². The van der Waals surface area contributed by atoms with Crippen molar-refractivity contribution < 1.29 is 19.3 Å².